The molecule has 1 aliphatic rings. The van der Waals surface area contributed by atoms with Crippen LogP contribution in [0.5, 0.6) is 0 Å². The molecule has 3 heterocycles. The standard InChI is InChI=1S/C24H24N4O/c29-24(25-17-18-7-2-1-3-8-18)19-12-15-27(16-13-19)23-22-11-6-14-28(22)21-10-5-4-9-20(21)26-23/h1-11,14,19H,12-13,15-17H2,(H,25,29). The topological polar surface area (TPSA) is 49.6 Å². The Balaban J connectivity index is 1.29. The number of anilines is 1. The van der Waals surface area contributed by atoms with Crippen molar-refractivity contribution >= 4 is 28.3 Å². The molecular weight excluding hydrogens is 360 g/mol. The normalized spacial score (nSPS) is 15.1. The molecule has 4 aromatic rings. The fraction of sp³-hybridized carbons (Fsp3) is 0.250. The highest BCUT2D eigenvalue weighted by molar-refractivity contribution is 5.85. The van der Waals surface area contributed by atoms with Crippen LogP contribution < -0.4 is 10.2 Å². The van der Waals surface area contributed by atoms with Crippen molar-refractivity contribution in [1.82, 2.24) is 14.7 Å². The minimum Gasteiger partial charge on any atom is -0.355 e. The van der Waals surface area contributed by atoms with Gasteiger partial charge in [-0.2, -0.15) is 0 Å². The van der Waals surface area contributed by atoms with E-state index >= 15 is 0 Å². The lowest BCUT2D eigenvalue weighted by Gasteiger charge is -2.32. The zero-order valence-corrected chi connectivity index (χ0v) is 16.3. The van der Waals surface area contributed by atoms with E-state index in [1.807, 2.05) is 42.5 Å². The predicted molar refractivity (Wildman–Crippen MR) is 116 cm³/mol. The zero-order valence-electron chi connectivity index (χ0n) is 16.3. The molecule has 5 nitrogen and oxygen atoms in total. The summed E-state index contributed by atoms with van der Waals surface area (Å²) in [5, 5.41) is 3.10. The number of hydrogen-bond acceptors (Lipinski definition) is 3. The van der Waals surface area contributed by atoms with Gasteiger partial charge in [-0.15, -0.1) is 0 Å². The Morgan fingerprint density at radius 1 is 0.931 bits per heavy atom. The Labute approximate surface area is 170 Å². The van der Waals surface area contributed by atoms with Crippen LogP contribution in [0.15, 0.2) is 72.9 Å². The van der Waals surface area contributed by atoms with Crippen LogP contribution >= 0.6 is 0 Å². The van der Waals surface area contributed by atoms with Crippen LogP contribution in [0.25, 0.3) is 16.6 Å². The maximum absolute atomic E-state index is 12.6. The van der Waals surface area contributed by atoms with E-state index in [0.29, 0.717) is 6.54 Å². The number of para-hydroxylation sites is 2. The third kappa shape index (κ3) is 3.44. The van der Waals surface area contributed by atoms with Crippen LogP contribution in [0.1, 0.15) is 18.4 Å². The second kappa shape index (κ2) is 7.59. The predicted octanol–water partition coefficient (Wildman–Crippen LogP) is 4.02. The van der Waals surface area contributed by atoms with Gasteiger partial charge in [0.2, 0.25) is 5.91 Å². The molecular formula is C24H24N4O. The van der Waals surface area contributed by atoms with E-state index in [2.05, 4.69) is 45.1 Å². The summed E-state index contributed by atoms with van der Waals surface area (Å²) in [6.45, 7) is 2.28. The summed E-state index contributed by atoms with van der Waals surface area (Å²) < 4.78 is 2.20. The van der Waals surface area contributed by atoms with Crippen molar-refractivity contribution in [2.45, 2.75) is 19.4 Å². The van der Waals surface area contributed by atoms with E-state index < -0.39 is 0 Å². The van der Waals surface area contributed by atoms with Gasteiger partial charge >= 0.3 is 0 Å². The number of fused-ring (bicyclic) bond motifs is 3. The minimum atomic E-state index is 0.0678. The molecule has 1 aliphatic heterocycles. The van der Waals surface area contributed by atoms with Crippen molar-refractivity contribution in [3.8, 4) is 0 Å². The number of carbonyl (C=O) groups is 1. The van der Waals surface area contributed by atoms with Crippen molar-refractivity contribution in [1.29, 1.82) is 0 Å². The molecule has 0 atom stereocenters. The highest BCUT2D eigenvalue weighted by Gasteiger charge is 2.26. The van der Waals surface area contributed by atoms with E-state index in [1.165, 1.54) is 0 Å². The summed E-state index contributed by atoms with van der Waals surface area (Å²) in [4.78, 5) is 19.9. The number of nitrogens with zero attached hydrogens (tertiary/aromatic N) is 3. The number of carbonyl (C=O) groups excluding carboxylic acids is 1. The molecule has 2 aromatic heterocycles. The summed E-state index contributed by atoms with van der Waals surface area (Å²) in [5.74, 6) is 1.24. The molecule has 146 valence electrons. The van der Waals surface area contributed by atoms with Crippen molar-refractivity contribution < 1.29 is 4.79 Å². The summed E-state index contributed by atoms with van der Waals surface area (Å²) in [6.07, 6.45) is 3.79. The molecule has 1 fully saturated rings. The van der Waals surface area contributed by atoms with Gasteiger partial charge in [-0.05, 0) is 42.7 Å². The summed E-state index contributed by atoms with van der Waals surface area (Å²) >= 11 is 0. The van der Waals surface area contributed by atoms with Crippen molar-refractivity contribution in [3.63, 3.8) is 0 Å². The van der Waals surface area contributed by atoms with Crippen molar-refractivity contribution in [3.05, 3.63) is 78.5 Å². The van der Waals surface area contributed by atoms with E-state index in [1.54, 1.807) is 0 Å². The van der Waals surface area contributed by atoms with Crippen LogP contribution in [-0.2, 0) is 11.3 Å². The number of aromatic nitrogens is 2. The van der Waals surface area contributed by atoms with Crippen LogP contribution in [0.3, 0.4) is 0 Å². The van der Waals surface area contributed by atoms with E-state index in [0.717, 1.165) is 53.9 Å². The first kappa shape index (κ1) is 17.7. The maximum Gasteiger partial charge on any atom is 0.223 e. The number of nitrogens with one attached hydrogen (secondary N) is 1. The molecule has 5 heteroatoms. The Morgan fingerprint density at radius 2 is 1.66 bits per heavy atom. The van der Waals surface area contributed by atoms with E-state index in [4.69, 9.17) is 4.98 Å². The fourth-order valence-corrected chi connectivity index (χ4v) is 4.22. The van der Waals surface area contributed by atoms with E-state index in [-0.39, 0.29) is 11.8 Å². The van der Waals surface area contributed by atoms with Crippen LogP contribution in [0.4, 0.5) is 5.82 Å². The number of amides is 1. The quantitative estimate of drug-likeness (QED) is 0.578. The Morgan fingerprint density at radius 3 is 2.48 bits per heavy atom. The Hall–Kier alpha value is -3.34. The summed E-state index contributed by atoms with van der Waals surface area (Å²) in [6, 6.07) is 22.5. The lowest BCUT2D eigenvalue weighted by molar-refractivity contribution is -0.125. The van der Waals surface area contributed by atoms with Crippen molar-refractivity contribution in [2.24, 2.45) is 5.92 Å². The molecule has 1 amide bonds. The van der Waals surface area contributed by atoms with Gasteiger partial charge in [-0.1, -0.05) is 42.5 Å². The SMILES string of the molecule is O=C(NCc1ccccc1)C1CCN(c2nc3ccccc3n3cccc23)CC1. The fourth-order valence-electron chi connectivity index (χ4n) is 4.22. The maximum atomic E-state index is 12.6. The van der Waals surface area contributed by atoms with Gasteiger partial charge in [0.25, 0.3) is 0 Å². The molecule has 1 saturated heterocycles. The second-order valence-corrected chi connectivity index (χ2v) is 7.65. The Kier molecular flexibility index (Phi) is 4.64. The molecule has 0 spiro atoms. The largest absolute Gasteiger partial charge is 0.355 e. The number of benzene rings is 2. The lowest BCUT2D eigenvalue weighted by atomic mass is 9.95. The summed E-state index contributed by atoms with van der Waals surface area (Å²) in [7, 11) is 0. The monoisotopic (exact) mass is 384 g/mol. The molecule has 29 heavy (non-hydrogen) atoms. The smallest absolute Gasteiger partial charge is 0.223 e. The first-order valence-corrected chi connectivity index (χ1v) is 10.2. The number of piperidine rings is 1. The Bertz CT molecular complexity index is 1140. The number of hydrogen-bond donors (Lipinski definition) is 1. The van der Waals surface area contributed by atoms with Gasteiger partial charge < -0.3 is 14.6 Å². The third-order valence-corrected chi connectivity index (χ3v) is 5.82. The van der Waals surface area contributed by atoms with E-state index in [9.17, 15) is 4.79 Å². The van der Waals surface area contributed by atoms with Crippen LogP contribution in [0.2, 0.25) is 0 Å². The molecule has 0 aliphatic carbocycles. The summed E-state index contributed by atoms with van der Waals surface area (Å²) in [5.41, 5.74) is 4.37. The first-order chi connectivity index (χ1) is 14.3. The average molecular weight is 384 g/mol. The highest BCUT2D eigenvalue weighted by Crippen LogP contribution is 2.29. The second-order valence-electron chi connectivity index (χ2n) is 7.65. The van der Waals surface area contributed by atoms with Gasteiger partial charge in [0.05, 0.1) is 16.6 Å². The first-order valence-electron chi connectivity index (χ1n) is 10.2. The highest BCUT2D eigenvalue weighted by atomic mass is 16.1. The lowest BCUT2D eigenvalue weighted by Crippen LogP contribution is -2.40. The van der Waals surface area contributed by atoms with Gasteiger partial charge in [0.15, 0.2) is 5.82 Å². The van der Waals surface area contributed by atoms with Gasteiger partial charge in [0.1, 0.15) is 0 Å². The van der Waals surface area contributed by atoms with Crippen LogP contribution in [-0.4, -0.2) is 28.4 Å². The minimum absolute atomic E-state index is 0.0678. The molecule has 1 N–H and O–H groups in total. The third-order valence-electron chi connectivity index (χ3n) is 5.82. The van der Waals surface area contributed by atoms with Gasteiger partial charge in [-0.25, -0.2) is 4.98 Å². The molecule has 0 bridgehead atoms. The molecule has 0 radical (unpaired) electrons. The van der Waals surface area contributed by atoms with Gasteiger partial charge in [-0.3, -0.25) is 4.79 Å². The van der Waals surface area contributed by atoms with Gasteiger partial charge in [0, 0.05) is 31.7 Å². The molecule has 0 unspecified atom stereocenters. The zero-order chi connectivity index (χ0) is 19.6. The van der Waals surface area contributed by atoms with Crippen molar-refractivity contribution in [2.75, 3.05) is 18.0 Å². The molecule has 0 saturated carbocycles. The molecule has 5 rings (SSSR count). The average Bonchev–Trinajstić information content (AvgIpc) is 3.28. The number of rotatable bonds is 4. The molecule has 2 aromatic carbocycles. The van der Waals surface area contributed by atoms with Crippen LogP contribution in [0, 0.1) is 5.92 Å².